The Morgan fingerprint density at radius 2 is 1.86 bits per heavy atom. The summed E-state index contributed by atoms with van der Waals surface area (Å²) >= 11 is 6.44. The van der Waals surface area contributed by atoms with Crippen LogP contribution < -0.4 is 15.8 Å². The Bertz CT molecular complexity index is 908. The van der Waals surface area contributed by atoms with Gasteiger partial charge in [0.05, 0.1) is 24.1 Å². The second-order valence-corrected chi connectivity index (χ2v) is 8.69. The fourth-order valence-corrected chi connectivity index (χ4v) is 3.68. The third-order valence-corrected chi connectivity index (χ3v) is 5.07. The van der Waals surface area contributed by atoms with Gasteiger partial charge in [-0.25, -0.2) is 0 Å². The summed E-state index contributed by atoms with van der Waals surface area (Å²) in [7, 11) is 0. The maximum absolute atomic E-state index is 12.7. The van der Waals surface area contributed by atoms with Crippen molar-refractivity contribution in [3.05, 3.63) is 51.9 Å². The molecule has 1 aliphatic heterocycles. The molecule has 0 atom stereocenters. The molecule has 0 saturated carbocycles. The van der Waals surface area contributed by atoms with E-state index in [0.717, 1.165) is 26.1 Å². The van der Waals surface area contributed by atoms with E-state index in [1.165, 1.54) is 4.68 Å². The van der Waals surface area contributed by atoms with Crippen molar-refractivity contribution >= 4 is 23.2 Å². The molecular weight excluding hydrogens is 390 g/mol. The summed E-state index contributed by atoms with van der Waals surface area (Å²) in [6.45, 7) is 9.26. The number of carbonyl (C=O) groups excluding carboxylic acids is 1. The van der Waals surface area contributed by atoms with Crippen LogP contribution in [0, 0.1) is 0 Å². The lowest BCUT2D eigenvalue weighted by Crippen LogP contribution is -2.46. The van der Waals surface area contributed by atoms with Crippen LogP contribution in [0.1, 0.15) is 27.2 Å². The molecule has 3 rings (SSSR count). The number of rotatable bonds is 4. The molecule has 1 aromatic carbocycles. The van der Waals surface area contributed by atoms with Crippen LogP contribution in [-0.4, -0.2) is 58.9 Å². The largest absolute Gasteiger partial charge is 0.368 e. The number of aromatic nitrogens is 2. The number of nitrogens with one attached hydrogen (secondary N) is 1. The first-order valence-electron chi connectivity index (χ1n) is 9.86. The van der Waals surface area contributed by atoms with Crippen LogP contribution in [0.15, 0.2) is 41.3 Å². The fraction of sp³-hybridized carbons (Fsp3) is 0.476. The van der Waals surface area contributed by atoms with Crippen molar-refractivity contribution in [1.29, 1.82) is 0 Å². The highest BCUT2D eigenvalue weighted by atomic mass is 35.5. The topological polar surface area (TPSA) is 70.5 Å². The Morgan fingerprint density at radius 1 is 1.14 bits per heavy atom. The molecular formula is C21H28ClN5O2. The summed E-state index contributed by atoms with van der Waals surface area (Å²) in [6, 6.07) is 9.22. The molecule has 0 bridgehead atoms. The highest BCUT2D eigenvalue weighted by Crippen LogP contribution is 2.23. The number of anilines is 1. The Balaban J connectivity index is 1.70. The molecule has 0 aliphatic carbocycles. The van der Waals surface area contributed by atoms with Gasteiger partial charge >= 0.3 is 0 Å². The molecule has 1 aliphatic rings. The minimum absolute atomic E-state index is 0.0242. The lowest BCUT2D eigenvalue weighted by molar-refractivity contribution is -0.123. The van der Waals surface area contributed by atoms with Crippen LogP contribution >= 0.6 is 11.6 Å². The molecule has 29 heavy (non-hydrogen) atoms. The third-order valence-electron chi connectivity index (χ3n) is 4.71. The first-order valence-corrected chi connectivity index (χ1v) is 10.2. The second kappa shape index (κ2) is 8.97. The van der Waals surface area contributed by atoms with E-state index in [1.54, 1.807) is 6.20 Å². The Morgan fingerprint density at radius 3 is 2.55 bits per heavy atom. The standard InChI is InChI=1S/C21H28ClN5O2/c1-21(2,3)24-18(28)15-25-10-7-11-26(13-12-25)17-14-23-27(20(29)19(17)22)16-8-5-4-6-9-16/h4-6,8-9,14H,7,10-13,15H2,1-3H3,(H,24,28). The first kappa shape index (κ1) is 21.3. The van der Waals surface area contributed by atoms with Crippen molar-refractivity contribution in [3.8, 4) is 5.69 Å². The summed E-state index contributed by atoms with van der Waals surface area (Å²) < 4.78 is 1.31. The molecule has 0 spiro atoms. The number of amides is 1. The van der Waals surface area contributed by atoms with E-state index in [9.17, 15) is 9.59 Å². The predicted molar refractivity (Wildman–Crippen MR) is 116 cm³/mol. The smallest absolute Gasteiger partial charge is 0.292 e. The minimum Gasteiger partial charge on any atom is -0.368 e. The van der Waals surface area contributed by atoms with Crippen molar-refractivity contribution in [1.82, 2.24) is 20.0 Å². The van der Waals surface area contributed by atoms with Crippen molar-refractivity contribution in [2.24, 2.45) is 0 Å². The second-order valence-electron chi connectivity index (χ2n) is 8.31. The van der Waals surface area contributed by atoms with Crippen molar-refractivity contribution in [2.45, 2.75) is 32.7 Å². The zero-order valence-electron chi connectivity index (χ0n) is 17.2. The summed E-state index contributed by atoms with van der Waals surface area (Å²) in [5, 5.41) is 7.49. The molecule has 156 valence electrons. The van der Waals surface area contributed by atoms with Gasteiger partial charge in [-0.3, -0.25) is 14.5 Å². The lowest BCUT2D eigenvalue weighted by atomic mass is 10.1. The Kier molecular flexibility index (Phi) is 6.59. The van der Waals surface area contributed by atoms with Gasteiger partial charge in [0.2, 0.25) is 5.91 Å². The highest BCUT2D eigenvalue weighted by Gasteiger charge is 2.22. The number of benzene rings is 1. The SMILES string of the molecule is CC(C)(C)NC(=O)CN1CCCN(c2cnn(-c3ccccc3)c(=O)c2Cl)CC1. The summed E-state index contributed by atoms with van der Waals surface area (Å²) in [5.74, 6) is 0.0242. The number of para-hydroxylation sites is 1. The quantitative estimate of drug-likeness (QED) is 0.826. The Hall–Kier alpha value is -2.38. The minimum atomic E-state index is -0.332. The summed E-state index contributed by atoms with van der Waals surface area (Å²) in [4.78, 5) is 29.2. The number of halogens is 1. The summed E-state index contributed by atoms with van der Waals surface area (Å²) in [6.07, 6.45) is 2.53. The van der Waals surface area contributed by atoms with Gasteiger partial charge in [0.1, 0.15) is 5.02 Å². The van der Waals surface area contributed by atoms with Gasteiger partial charge in [-0.15, -0.1) is 0 Å². The lowest BCUT2D eigenvalue weighted by Gasteiger charge is -2.25. The molecule has 0 unspecified atom stereocenters. The van der Waals surface area contributed by atoms with Gasteiger partial charge in [-0.2, -0.15) is 9.78 Å². The van der Waals surface area contributed by atoms with E-state index in [2.05, 4.69) is 20.2 Å². The van der Waals surface area contributed by atoms with Crippen LogP contribution in [0.2, 0.25) is 5.02 Å². The van der Waals surface area contributed by atoms with Crippen LogP contribution in [0.25, 0.3) is 5.69 Å². The van der Waals surface area contributed by atoms with Crippen molar-refractivity contribution in [2.75, 3.05) is 37.6 Å². The molecule has 2 aromatic rings. The van der Waals surface area contributed by atoms with E-state index >= 15 is 0 Å². The van der Waals surface area contributed by atoms with E-state index in [0.29, 0.717) is 24.5 Å². The summed E-state index contributed by atoms with van der Waals surface area (Å²) in [5.41, 5.74) is 0.750. The highest BCUT2D eigenvalue weighted by molar-refractivity contribution is 6.33. The van der Waals surface area contributed by atoms with Crippen molar-refractivity contribution < 1.29 is 4.79 Å². The molecule has 2 heterocycles. The van der Waals surface area contributed by atoms with Gasteiger partial charge in [0.25, 0.3) is 5.56 Å². The molecule has 1 amide bonds. The maximum Gasteiger partial charge on any atom is 0.292 e. The maximum atomic E-state index is 12.7. The number of hydrogen-bond donors (Lipinski definition) is 1. The van der Waals surface area contributed by atoms with Crippen LogP contribution in [0.4, 0.5) is 5.69 Å². The first-order chi connectivity index (χ1) is 13.7. The average Bonchev–Trinajstić information content (AvgIpc) is 2.88. The monoisotopic (exact) mass is 417 g/mol. The van der Waals surface area contributed by atoms with Gasteiger partial charge in [-0.1, -0.05) is 29.8 Å². The molecule has 8 heteroatoms. The number of hydrogen-bond acceptors (Lipinski definition) is 5. The number of nitrogens with zero attached hydrogens (tertiary/aromatic N) is 4. The van der Waals surface area contributed by atoms with Crippen molar-refractivity contribution in [3.63, 3.8) is 0 Å². The van der Waals surface area contributed by atoms with Gasteiger partial charge in [-0.05, 0) is 39.3 Å². The Labute approximate surface area is 176 Å². The zero-order valence-corrected chi connectivity index (χ0v) is 17.9. The zero-order chi connectivity index (χ0) is 21.0. The van der Waals surface area contributed by atoms with E-state index in [-0.39, 0.29) is 22.0 Å². The molecule has 1 aromatic heterocycles. The molecule has 0 radical (unpaired) electrons. The predicted octanol–water partition coefficient (Wildman–Crippen LogP) is 2.31. The van der Waals surface area contributed by atoms with E-state index in [4.69, 9.17) is 11.6 Å². The fourth-order valence-electron chi connectivity index (χ4n) is 3.43. The van der Waals surface area contributed by atoms with Crippen LogP contribution in [0.3, 0.4) is 0 Å². The van der Waals surface area contributed by atoms with Gasteiger partial charge in [0, 0.05) is 31.7 Å². The van der Waals surface area contributed by atoms with Gasteiger partial charge < -0.3 is 10.2 Å². The van der Waals surface area contributed by atoms with E-state index < -0.39 is 0 Å². The molecule has 1 saturated heterocycles. The van der Waals surface area contributed by atoms with E-state index in [1.807, 2.05) is 51.1 Å². The molecule has 1 N–H and O–H groups in total. The third kappa shape index (κ3) is 5.58. The molecule has 1 fully saturated rings. The van der Waals surface area contributed by atoms with Crippen LogP contribution in [-0.2, 0) is 4.79 Å². The van der Waals surface area contributed by atoms with Crippen LogP contribution in [0.5, 0.6) is 0 Å². The molecule has 7 nitrogen and oxygen atoms in total. The van der Waals surface area contributed by atoms with Gasteiger partial charge in [0.15, 0.2) is 0 Å². The normalized spacial score (nSPS) is 15.8. The number of carbonyl (C=O) groups is 1. The average molecular weight is 418 g/mol.